The third-order valence-corrected chi connectivity index (χ3v) is 9.24. The van der Waals surface area contributed by atoms with Crippen LogP contribution in [0.15, 0.2) is 47.5 Å². The van der Waals surface area contributed by atoms with Gasteiger partial charge in [-0.1, -0.05) is 6.07 Å². The number of nitrogens with two attached hydrogens (primary N) is 1. The summed E-state index contributed by atoms with van der Waals surface area (Å²) in [7, 11) is 3.65. The quantitative estimate of drug-likeness (QED) is 0.207. The summed E-state index contributed by atoms with van der Waals surface area (Å²) in [6.45, 7) is 1.97. The van der Waals surface area contributed by atoms with Crippen molar-refractivity contribution < 1.29 is 19.0 Å². The first-order valence-electron chi connectivity index (χ1n) is 13.9. The van der Waals surface area contributed by atoms with Gasteiger partial charge in [0.2, 0.25) is 0 Å². The predicted molar refractivity (Wildman–Crippen MR) is 157 cm³/mol. The molecule has 0 spiro atoms. The first-order valence-corrected chi connectivity index (χ1v) is 13.9. The Kier molecular flexibility index (Phi) is 6.03. The van der Waals surface area contributed by atoms with E-state index < -0.39 is 29.1 Å². The van der Waals surface area contributed by atoms with Crippen molar-refractivity contribution in [2.45, 2.75) is 24.8 Å². The first kappa shape index (κ1) is 26.8. The van der Waals surface area contributed by atoms with Crippen molar-refractivity contribution in [3.8, 4) is 11.1 Å². The second-order valence-electron chi connectivity index (χ2n) is 11.4. The number of likely N-dealkylation sites (N-methyl/N-ethyl adjacent to an activating group) is 1. The number of halogens is 2. The Morgan fingerprint density at radius 1 is 1.17 bits per heavy atom. The molecule has 12 heteroatoms. The van der Waals surface area contributed by atoms with Crippen LogP contribution in [0.2, 0.25) is 0 Å². The van der Waals surface area contributed by atoms with E-state index >= 15 is 4.39 Å². The second kappa shape index (κ2) is 9.46. The van der Waals surface area contributed by atoms with Crippen LogP contribution in [-0.2, 0) is 0 Å². The maximum Gasteiger partial charge on any atom is 0.263 e. The minimum Gasteiger partial charge on any atom is -0.386 e. The van der Waals surface area contributed by atoms with Crippen LogP contribution >= 0.6 is 0 Å². The molecule has 5 aromatic rings. The molecule has 1 aromatic carbocycles. The lowest BCUT2D eigenvalue weighted by Crippen LogP contribution is -2.64. The molecule has 2 saturated heterocycles. The average Bonchev–Trinajstić information content (AvgIpc) is 3.51. The smallest absolute Gasteiger partial charge is 0.263 e. The van der Waals surface area contributed by atoms with Crippen molar-refractivity contribution in [3.63, 3.8) is 0 Å². The molecular weight excluding hydrogens is 544 g/mol. The molecule has 0 aliphatic carbocycles. The van der Waals surface area contributed by atoms with Crippen LogP contribution in [0.25, 0.3) is 38.6 Å². The Labute approximate surface area is 239 Å². The summed E-state index contributed by atoms with van der Waals surface area (Å²) < 4.78 is 32.0. The van der Waals surface area contributed by atoms with Crippen LogP contribution in [0, 0.1) is 17.6 Å². The van der Waals surface area contributed by atoms with Gasteiger partial charge in [0.15, 0.2) is 17.9 Å². The van der Waals surface area contributed by atoms with Crippen LogP contribution in [0.3, 0.4) is 0 Å². The number of aliphatic hydroxyl groups excluding tert-OH is 1. The number of aromatic amines is 1. The number of rotatable bonds is 4. The number of hydrogen-bond acceptors (Lipinski definition) is 8. The fourth-order valence-corrected chi connectivity index (χ4v) is 6.90. The summed E-state index contributed by atoms with van der Waals surface area (Å²) in [4.78, 5) is 25.2. The van der Waals surface area contributed by atoms with Crippen molar-refractivity contribution in [3.05, 3.63) is 70.3 Å². The predicted octanol–water partition coefficient (Wildman–Crippen LogP) is 3.12. The standard InChI is InChI=1S/C30H31F2N7O3/c1-34-21-11-20(31)24(32)22-23-26(38-10-8-16-7-9-37(2)30(16,33)14-38)19(12-35-27(23)36-25(21)22)15-3-4-17-5-6-18(29(41)42)28(40)39(17)13-15/h3-6,11-13,16,29,34,41-42H,7-10,14,33H2,1-2H3,(H,35,36)/t16?,30-/m0/s1. The van der Waals surface area contributed by atoms with Gasteiger partial charge in [-0.3, -0.25) is 14.1 Å². The first-order chi connectivity index (χ1) is 20.1. The monoisotopic (exact) mass is 575 g/mol. The molecule has 218 valence electrons. The number of aliphatic hydroxyl groups is 2. The Morgan fingerprint density at radius 3 is 2.69 bits per heavy atom. The molecule has 4 aromatic heterocycles. The van der Waals surface area contributed by atoms with Crippen LogP contribution in [0.5, 0.6) is 0 Å². The molecule has 1 unspecified atom stereocenters. The third-order valence-electron chi connectivity index (χ3n) is 9.24. The molecule has 2 fully saturated rings. The van der Waals surface area contributed by atoms with E-state index in [2.05, 4.69) is 25.1 Å². The van der Waals surface area contributed by atoms with E-state index in [1.807, 2.05) is 13.1 Å². The maximum atomic E-state index is 15.7. The van der Waals surface area contributed by atoms with Gasteiger partial charge >= 0.3 is 0 Å². The van der Waals surface area contributed by atoms with Crippen molar-refractivity contribution in [1.82, 2.24) is 19.3 Å². The van der Waals surface area contributed by atoms with Gasteiger partial charge in [-0.05, 0) is 44.0 Å². The SMILES string of the molecule is CNc1cc(F)c(F)c2c1[nH]c1ncc(-c3ccc4ccc(C(O)O)c(=O)n4c3)c(N3CCC4CCN(C)[C@@]4(N)C3)c12. The molecule has 0 bridgehead atoms. The number of aromatic nitrogens is 3. The average molecular weight is 576 g/mol. The minimum atomic E-state index is -1.93. The highest BCUT2D eigenvalue weighted by Gasteiger charge is 2.48. The van der Waals surface area contributed by atoms with Crippen molar-refractivity contribution >= 4 is 38.8 Å². The Bertz CT molecular complexity index is 1960. The van der Waals surface area contributed by atoms with E-state index in [1.165, 1.54) is 10.5 Å². The number of likely N-dealkylation sites (tertiary alicyclic amines) is 1. The van der Waals surface area contributed by atoms with E-state index in [9.17, 15) is 19.4 Å². The molecule has 2 atom stereocenters. The van der Waals surface area contributed by atoms with Crippen molar-refractivity contribution in [1.29, 1.82) is 0 Å². The summed E-state index contributed by atoms with van der Waals surface area (Å²) >= 11 is 0. The number of hydrogen-bond donors (Lipinski definition) is 5. The van der Waals surface area contributed by atoms with Crippen LogP contribution in [0.1, 0.15) is 24.7 Å². The summed E-state index contributed by atoms with van der Waals surface area (Å²) in [6, 6.07) is 7.69. The summed E-state index contributed by atoms with van der Waals surface area (Å²) in [5, 5.41) is 22.9. The lowest BCUT2D eigenvalue weighted by atomic mass is 9.86. The normalized spacial score (nSPS) is 21.2. The van der Waals surface area contributed by atoms with Gasteiger partial charge in [-0.2, -0.15) is 0 Å². The fourth-order valence-electron chi connectivity index (χ4n) is 6.90. The Morgan fingerprint density at radius 2 is 1.93 bits per heavy atom. The van der Waals surface area contributed by atoms with Crippen molar-refractivity contribution in [2.75, 3.05) is 43.9 Å². The largest absolute Gasteiger partial charge is 0.386 e. The highest BCUT2D eigenvalue weighted by atomic mass is 19.2. The molecule has 2 aliphatic rings. The van der Waals surface area contributed by atoms with E-state index in [0.717, 1.165) is 25.5 Å². The van der Waals surface area contributed by atoms with Crippen LogP contribution in [0.4, 0.5) is 20.2 Å². The van der Waals surface area contributed by atoms with Crippen LogP contribution in [-0.4, -0.2) is 68.9 Å². The number of pyridine rings is 3. The summed E-state index contributed by atoms with van der Waals surface area (Å²) in [5.74, 6) is -1.67. The van der Waals surface area contributed by atoms with Crippen LogP contribution < -0.4 is 21.5 Å². The molecule has 0 radical (unpaired) electrons. The van der Waals surface area contributed by atoms with Gasteiger partial charge in [-0.15, -0.1) is 0 Å². The lowest BCUT2D eigenvalue weighted by molar-refractivity contribution is -0.0436. The second-order valence-corrected chi connectivity index (χ2v) is 11.4. The minimum absolute atomic E-state index is 0.0790. The van der Waals surface area contributed by atoms with Gasteiger partial charge in [0, 0.05) is 61.8 Å². The summed E-state index contributed by atoms with van der Waals surface area (Å²) in [5.41, 5.74) is 9.23. The zero-order valence-electron chi connectivity index (χ0n) is 23.2. The molecule has 6 heterocycles. The fraction of sp³-hybridized carbons (Fsp3) is 0.333. The molecule has 42 heavy (non-hydrogen) atoms. The number of nitrogens with zero attached hydrogens (tertiary/aromatic N) is 4. The highest BCUT2D eigenvalue weighted by Crippen LogP contribution is 2.46. The van der Waals surface area contributed by atoms with E-state index in [1.54, 1.807) is 31.6 Å². The zero-order valence-corrected chi connectivity index (χ0v) is 23.2. The number of H-pyrrole nitrogens is 1. The van der Waals surface area contributed by atoms with E-state index in [4.69, 9.17) is 5.73 Å². The van der Waals surface area contributed by atoms with Gasteiger partial charge in [0.1, 0.15) is 5.65 Å². The molecule has 2 aliphatic heterocycles. The van der Waals surface area contributed by atoms with Gasteiger partial charge < -0.3 is 31.1 Å². The third kappa shape index (κ3) is 3.76. The number of nitrogens with one attached hydrogen (secondary N) is 2. The highest BCUT2D eigenvalue weighted by molar-refractivity contribution is 6.18. The molecular formula is C30H31F2N7O3. The Balaban J connectivity index is 1.54. The molecule has 7 rings (SSSR count). The van der Waals surface area contributed by atoms with Gasteiger partial charge in [0.05, 0.1) is 38.9 Å². The van der Waals surface area contributed by atoms with Gasteiger partial charge in [-0.25, -0.2) is 13.8 Å². The Hall–Kier alpha value is -4.10. The molecule has 0 saturated carbocycles. The number of anilines is 2. The zero-order chi connectivity index (χ0) is 29.5. The van der Waals surface area contributed by atoms with Crippen molar-refractivity contribution in [2.24, 2.45) is 11.7 Å². The number of fused-ring (bicyclic) bond motifs is 5. The molecule has 10 nitrogen and oxygen atoms in total. The lowest BCUT2D eigenvalue weighted by Gasteiger charge is -2.47. The maximum absolute atomic E-state index is 15.7. The van der Waals surface area contributed by atoms with Gasteiger partial charge in [0.25, 0.3) is 5.56 Å². The summed E-state index contributed by atoms with van der Waals surface area (Å²) in [6.07, 6.45) is 3.14. The molecule has 0 amide bonds. The van der Waals surface area contributed by atoms with E-state index in [0.29, 0.717) is 63.6 Å². The number of piperidine rings is 1. The van der Waals surface area contributed by atoms with E-state index in [-0.39, 0.29) is 10.9 Å². The molecule has 6 N–H and O–H groups in total. The topological polar surface area (TPSA) is 135 Å². The number of benzene rings is 1.